The third-order valence-electron chi connectivity index (χ3n) is 2.66. The minimum atomic E-state index is 0.810. The summed E-state index contributed by atoms with van der Waals surface area (Å²) in [6, 6.07) is 9.52. The summed E-state index contributed by atoms with van der Waals surface area (Å²) in [5, 5.41) is 3.55. The fourth-order valence-corrected chi connectivity index (χ4v) is 1.62. The Morgan fingerprint density at radius 1 is 1.23 bits per heavy atom. The molecule has 0 aliphatic heterocycles. The molecule has 1 saturated carbocycles. The van der Waals surface area contributed by atoms with E-state index in [1.165, 1.54) is 24.0 Å². The van der Waals surface area contributed by atoms with Crippen molar-refractivity contribution in [2.24, 2.45) is 0 Å². The highest BCUT2D eigenvalue weighted by Crippen LogP contribution is 2.20. The lowest BCUT2D eigenvalue weighted by Gasteiger charge is -2.07. The largest absolute Gasteiger partial charge is 0.310 e. The van der Waals surface area contributed by atoms with E-state index in [2.05, 4.69) is 36.5 Å². The summed E-state index contributed by atoms with van der Waals surface area (Å²) in [6.07, 6.45) is 3.88. The van der Waals surface area contributed by atoms with Gasteiger partial charge in [0.1, 0.15) is 0 Å². The molecule has 1 nitrogen and oxygen atoms in total. The summed E-state index contributed by atoms with van der Waals surface area (Å²) in [5.74, 6) is 0. The van der Waals surface area contributed by atoms with Crippen LogP contribution in [0.3, 0.4) is 0 Å². The van der Waals surface area contributed by atoms with Crippen LogP contribution in [0.1, 0.15) is 30.9 Å². The van der Waals surface area contributed by atoms with Crippen molar-refractivity contribution in [1.29, 1.82) is 0 Å². The molecule has 0 heterocycles. The fourth-order valence-electron chi connectivity index (χ4n) is 1.62. The van der Waals surface area contributed by atoms with Gasteiger partial charge in [-0.2, -0.15) is 0 Å². The molecule has 1 aliphatic carbocycles. The van der Waals surface area contributed by atoms with E-state index in [0.29, 0.717) is 0 Å². The van der Waals surface area contributed by atoms with Crippen LogP contribution in [0.2, 0.25) is 0 Å². The molecule has 1 fully saturated rings. The lowest BCUT2D eigenvalue weighted by molar-refractivity contribution is 0.683. The normalized spacial score (nSPS) is 16.1. The quantitative estimate of drug-likeness (QED) is 0.741. The van der Waals surface area contributed by atoms with Gasteiger partial charge in [-0.05, 0) is 30.4 Å². The second-order valence-corrected chi connectivity index (χ2v) is 3.78. The molecule has 0 spiro atoms. The first-order chi connectivity index (χ1) is 6.40. The average molecular weight is 175 g/mol. The zero-order chi connectivity index (χ0) is 9.10. The first-order valence-electron chi connectivity index (χ1n) is 5.20. The van der Waals surface area contributed by atoms with Crippen LogP contribution >= 0.6 is 0 Å². The number of rotatable bonds is 4. The number of aryl methyl sites for hydroxylation is 1. The SMILES string of the molecule is CCc1ccccc1CNC1CC1. The van der Waals surface area contributed by atoms with E-state index in [-0.39, 0.29) is 0 Å². The van der Waals surface area contributed by atoms with Crippen molar-refractivity contribution in [3.05, 3.63) is 35.4 Å². The maximum atomic E-state index is 3.55. The summed E-state index contributed by atoms with van der Waals surface area (Å²) in [5.41, 5.74) is 2.95. The lowest BCUT2D eigenvalue weighted by atomic mass is 10.1. The summed E-state index contributed by atoms with van der Waals surface area (Å²) >= 11 is 0. The van der Waals surface area contributed by atoms with Gasteiger partial charge in [-0.3, -0.25) is 0 Å². The van der Waals surface area contributed by atoms with Crippen LogP contribution in [0, 0.1) is 0 Å². The van der Waals surface area contributed by atoms with Crippen molar-refractivity contribution in [2.75, 3.05) is 0 Å². The van der Waals surface area contributed by atoms with E-state index >= 15 is 0 Å². The average Bonchev–Trinajstić information content (AvgIpc) is 2.99. The highest BCUT2D eigenvalue weighted by atomic mass is 14.9. The maximum absolute atomic E-state index is 3.55. The molecule has 70 valence electrons. The number of benzene rings is 1. The molecular formula is C12H17N. The van der Waals surface area contributed by atoms with Crippen molar-refractivity contribution >= 4 is 0 Å². The molecule has 1 aliphatic rings. The standard InChI is InChI=1S/C12H17N/c1-2-10-5-3-4-6-11(10)9-13-12-7-8-12/h3-6,12-13H,2,7-9H2,1H3. The monoisotopic (exact) mass is 175 g/mol. The van der Waals surface area contributed by atoms with Gasteiger partial charge < -0.3 is 5.32 Å². The first kappa shape index (κ1) is 8.76. The van der Waals surface area contributed by atoms with Crippen LogP contribution in [0.25, 0.3) is 0 Å². The number of hydrogen-bond acceptors (Lipinski definition) is 1. The summed E-state index contributed by atoms with van der Waals surface area (Å²) in [4.78, 5) is 0. The predicted octanol–water partition coefficient (Wildman–Crippen LogP) is 2.50. The van der Waals surface area contributed by atoms with Gasteiger partial charge in [-0.15, -0.1) is 0 Å². The molecular weight excluding hydrogens is 158 g/mol. The Hall–Kier alpha value is -0.820. The summed E-state index contributed by atoms with van der Waals surface area (Å²) in [6.45, 7) is 3.27. The summed E-state index contributed by atoms with van der Waals surface area (Å²) < 4.78 is 0. The van der Waals surface area contributed by atoms with E-state index in [1.807, 2.05) is 0 Å². The molecule has 2 rings (SSSR count). The zero-order valence-corrected chi connectivity index (χ0v) is 8.22. The van der Waals surface area contributed by atoms with Crippen LogP contribution in [-0.4, -0.2) is 6.04 Å². The van der Waals surface area contributed by atoms with Gasteiger partial charge in [0.15, 0.2) is 0 Å². The van der Waals surface area contributed by atoms with Crippen LogP contribution in [0.5, 0.6) is 0 Å². The second-order valence-electron chi connectivity index (χ2n) is 3.78. The van der Waals surface area contributed by atoms with Gasteiger partial charge >= 0.3 is 0 Å². The minimum Gasteiger partial charge on any atom is -0.310 e. The van der Waals surface area contributed by atoms with Crippen molar-refractivity contribution in [3.63, 3.8) is 0 Å². The van der Waals surface area contributed by atoms with Gasteiger partial charge in [-0.25, -0.2) is 0 Å². The highest BCUT2D eigenvalue weighted by molar-refractivity contribution is 5.26. The molecule has 0 unspecified atom stereocenters. The highest BCUT2D eigenvalue weighted by Gasteiger charge is 2.20. The molecule has 1 aromatic rings. The van der Waals surface area contributed by atoms with E-state index in [4.69, 9.17) is 0 Å². The van der Waals surface area contributed by atoms with Crippen LogP contribution < -0.4 is 5.32 Å². The molecule has 0 atom stereocenters. The van der Waals surface area contributed by atoms with Gasteiger partial charge in [0.05, 0.1) is 0 Å². The smallest absolute Gasteiger partial charge is 0.0210 e. The molecule has 0 bridgehead atoms. The van der Waals surface area contributed by atoms with Crippen LogP contribution in [0.4, 0.5) is 0 Å². The van der Waals surface area contributed by atoms with Crippen molar-refractivity contribution in [1.82, 2.24) is 5.32 Å². The molecule has 0 aromatic heterocycles. The molecule has 0 radical (unpaired) electrons. The Balaban J connectivity index is 1.99. The van der Waals surface area contributed by atoms with Crippen molar-refractivity contribution in [2.45, 2.75) is 38.8 Å². The minimum absolute atomic E-state index is 0.810. The predicted molar refractivity (Wildman–Crippen MR) is 55.7 cm³/mol. The van der Waals surface area contributed by atoms with Gasteiger partial charge in [0, 0.05) is 12.6 Å². The Bertz CT molecular complexity index is 276. The summed E-state index contributed by atoms with van der Waals surface area (Å²) in [7, 11) is 0. The van der Waals surface area contributed by atoms with E-state index in [1.54, 1.807) is 0 Å². The molecule has 13 heavy (non-hydrogen) atoms. The third kappa shape index (κ3) is 2.31. The maximum Gasteiger partial charge on any atom is 0.0210 e. The fraction of sp³-hybridized carbons (Fsp3) is 0.500. The van der Waals surface area contributed by atoms with E-state index in [9.17, 15) is 0 Å². The molecule has 1 N–H and O–H groups in total. The number of nitrogens with one attached hydrogen (secondary N) is 1. The Labute approximate surface area is 80.2 Å². The zero-order valence-electron chi connectivity index (χ0n) is 8.22. The molecule has 0 amide bonds. The first-order valence-corrected chi connectivity index (χ1v) is 5.20. The van der Waals surface area contributed by atoms with E-state index < -0.39 is 0 Å². The van der Waals surface area contributed by atoms with Gasteiger partial charge in [0.2, 0.25) is 0 Å². The second kappa shape index (κ2) is 3.93. The van der Waals surface area contributed by atoms with Crippen molar-refractivity contribution in [3.8, 4) is 0 Å². The molecule has 1 aromatic carbocycles. The Morgan fingerprint density at radius 3 is 2.54 bits per heavy atom. The Morgan fingerprint density at radius 2 is 1.92 bits per heavy atom. The van der Waals surface area contributed by atoms with Crippen LogP contribution in [0.15, 0.2) is 24.3 Å². The number of hydrogen-bond donors (Lipinski definition) is 1. The van der Waals surface area contributed by atoms with Gasteiger partial charge in [0.25, 0.3) is 0 Å². The van der Waals surface area contributed by atoms with Crippen LogP contribution in [-0.2, 0) is 13.0 Å². The van der Waals surface area contributed by atoms with E-state index in [0.717, 1.165) is 19.0 Å². The molecule has 0 saturated heterocycles. The van der Waals surface area contributed by atoms with Crippen molar-refractivity contribution < 1.29 is 0 Å². The van der Waals surface area contributed by atoms with Gasteiger partial charge in [-0.1, -0.05) is 31.2 Å². The molecule has 1 heteroatoms. The third-order valence-corrected chi connectivity index (χ3v) is 2.66. The lowest BCUT2D eigenvalue weighted by Crippen LogP contribution is -2.16. The Kier molecular flexibility index (Phi) is 2.65. The topological polar surface area (TPSA) is 12.0 Å².